The number of fused-ring (bicyclic) bond motifs is 1. The SMILES string of the molecule is O=C1/C(=C/c2ccc(O)c([N+](=O)[O-])c2)CCc2nc(-c3ccccc3)sc21. The number of allylic oxidation sites excluding steroid dienone is 1. The largest absolute Gasteiger partial charge is 0.502 e. The van der Waals surface area contributed by atoms with Crippen LogP contribution in [0.1, 0.15) is 27.3 Å². The summed E-state index contributed by atoms with van der Waals surface area (Å²) in [6.07, 6.45) is 2.83. The molecule has 1 N–H and O–H groups in total. The molecule has 1 aliphatic rings. The molecule has 0 radical (unpaired) electrons. The average Bonchev–Trinajstić information content (AvgIpc) is 3.11. The maximum atomic E-state index is 12.9. The average molecular weight is 378 g/mol. The summed E-state index contributed by atoms with van der Waals surface area (Å²) in [7, 11) is 0. The lowest BCUT2D eigenvalue weighted by molar-refractivity contribution is -0.385. The number of carbonyl (C=O) groups is 1. The van der Waals surface area contributed by atoms with E-state index in [1.54, 1.807) is 12.1 Å². The van der Waals surface area contributed by atoms with Crippen LogP contribution in [0.2, 0.25) is 0 Å². The summed E-state index contributed by atoms with van der Waals surface area (Å²) < 4.78 is 0. The van der Waals surface area contributed by atoms with Gasteiger partial charge in [-0.3, -0.25) is 14.9 Å². The number of thiazole rings is 1. The molecule has 1 aromatic heterocycles. The van der Waals surface area contributed by atoms with E-state index in [2.05, 4.69) is 4.98 Å². The zero-order valence-corrected chi connectivity index (χ0v) is 14.9. The second-order valence-corrected chi connectivity index (χ2v) is 7.16. The van der Waals surface area contributed by atoms with Crippen molar-refractivity contribution >= 4 is 28.9 Å². The summed E-state index contributed by atoms with van der Waals surface area (Å²) in [5, 5.41) is 21.4. The van der Waals surface area contributed by atoms with Crippen molar-refractivity contribution in [2.24, 2.45) is 0 Å². The molecule has 3 aromatic rings. The predicted molar refractivity (Wildman–Crippen MR) is 103 cm³/mol. The van der Waals surface area contributed by atoms with Crippen LogP contribution in [0.25, 0.3) is 16.6 Å². The highest BCUT2D eigenvalue weighted by molar-refractivity contribution is 7.17. The Morgan fingerprint density at radius 3 is 2.67 bits per heavy atom. The van der Waals surface area contributed by atoms with E-state index in [-0.39, 0.29) is 11.5 Å². The Morgan fingerprint density at radius 1 is 1.15 bits per heavy atom. The van der Waals surface area contributed by atoms with Gasteiger partial charge in [-0.15, -0.1) is 11.3 Å². The van der Waals surface area contributed by atoms with Gasteiger partial charge in [0.15, 0.2) is 5.75 Å². The van der Waals surface area contributed by atoms with Crippen molar-refractivity contribution in [2.45, 2.75) is 12.8 Å². The number of carbonyl (C=O) groups excluding carboxylic acids is 1. The van der Waals surface area contributed by atoms with Crippen molar-refractivity contribution in [3.8, 4) is 16.3 Å². The first-order valence-electron chi connectivity index (χ1n) is 8.31. The fourth-order valence-corrected chi connectivity index (χ4v) is 4.12. The van der Waals surface area contributed by atoms with Crippen LogP contribution in [-0.2, 0) is 6.42 Å². The van der Waals surface area contributed by atoms with E-state index in [1.165, 1.54) is 23.5 Å². The van der Waals surface area contributed by atoms with E-state index in [4.69, 9.17) is 0 Å². The molecule has 0 aliphatic heterocycles. The van der Waals surface area contributed by atoms with Crippen LogP contribution in [0, 0.1) is 10.1 Å². The molecule has 0 spiro atoms. The fourth-order valence-electron chi connectivity index (χ4n) is 3.03. The number of aryl methyl sites for hydroxylation is 1. The third-order valence-corrected chi connectivity index (χ3v) is 5.53. The van der Waals surface area contributed by atoms with E-state index >= 15 is 0 Å². The number of hydrogen-bond acceptors (Lipinski definition) is 6. The predicted octanol–water partition coefficient (Wildman–Crippen LogP) is 4.64. The van der Waals surface area contributed by atoms with E-state index in [0.717, 1.165) is 16.3 Å². The summed E-state index contributed by atoms with van der Waals surface area (Å²) in [5.41, 5.74) is 2.50. The molecule has 1 aliphatic carbocycles. The van der Waals surface area contributed by atoms with E-state index in [9.17, 15) is 20.0 Å². The second kappa shape index (κ2) is 6.77. The Labute approximate surface area is 158 Å². The summed E-state index contributed by atoms with van der Waals surface area (Å²) in [5.74, 6) is -0.485. The van der Waals surface area contributed by atoms with Crippen LogP contribution in [0.3, 0.4) is 0 Å². The highest BCUT2D eigenvalue weighted by atomic mass is 32.1. The molecule has 7 heteroatoms. The first kappa shape index (κ1) is 17.1. The molecule has 1 heterocycles. The molecule has 0 unspecified atom stereocenters. The zero-order valence-electron chi connectivity index (χ0n) is 14.1. The van der Waals surface area contributed by atoms with Crippen molar-refractivity contribution in [1.29, 1.82) is 0 Å². The Bertz CT molecular complexity index is 1090. The van der Waals surface area contributed by atoms with Gasteiger partial charge < -0.3 is 5.11 Å². The van der Waals surface area contributed by atoms with Gasteiger partial charge in [-0.05, 0) is 30.5 Å². The van der Waals surface area contributed by atoms with Crippen molar-refractivity contribution in [3.05, 3.63) is 80.4 Å². The molecular formula is C20H14N2O4S. The van der Waals surface area contributed by atoms with Crippen LogP contribution in [0.4, 0.5) is 5.69 Å². The van der Waals surface area contributed by atoms with Gasteiger partial charge in [-0.1, -0.05) is 36.4 Å². The molecule has 134 valence electrons. The number of rotatable bonds is 3. The van der Waals surface area contributed by atoms with Crippen LogP contribution in [-0.4, -0.2) is 20.8 Å². The number of nitro groups is 1. The second-order valence-electron chi connectivity index (χ2n) is 6.16. The van der Waals surface area contributed by atoms with Gasteiger partial charge in [0.1, 0.15) is 5.01 Å². The number of nitro benzene ring substituents is 1. The third kappa shape index (κ3) is 3.24. The normalized spacial score (nSPS) is 15.0. The van der Waals surface area contributed by atoms with Crippen molar-refractivity contribution < 1.29 is 14.8 Å². The van der Waals surface area contributed by atoms with Crippen LogP contribution in [0.15, 0.2) is 54.1 Å². The number of aromatic hydroxyl groups is 1. The third-order valence-electron chi connectivity index (χ3n) is 4.38. The minimum atomic E-state index is -0.645. The number of ketones is 1. The van der Waals surface area contributed by atoms with Gasteiger partial charge in [-0.25, -0.2) is 4.98 Å². The standard InChI is InChI=1S/C20H14N2O4S/c23-17-9-6-12(11-16(17)22(25)26)10-14-7-8-15-19(18(14)24)27-20(21-15)13-4-2-1-3-5-13/h1-6,9-11,23H,7-8H2/b14-10+. The van der Waals surface area contributed by atoms with Gasteiger partial charge >= 0.3 is 5.69 Å². The highest BCUT2D eigenvalue weighted by Crippen LogP contribution is 2.35. The van der Waals surface area contributed by atoms with Gasteiger partial charge in [0.05, 0.1) is 15.5 Å². The van der Waals surface area contributed by atoms with Crippen molar-refractivity contribution in [3.63, 3.8) is 0 Å². The first-order valence-corrected chi connectivity index (χ1v) is 9.12. The molecule has 0 saturated heterocycles. The molecule has 0 saturated carbocycles. The number of phenolic OH excluding ortho intramolecular Hbond substituents is 1. The van der Waals surface area contributed by atoms with E-state index < -0.39 is 10.7 Å². The lowest BCUT2D eigenvalue weighted by atomic mass is 9.94. The Kier molecular flexibility index (Phi) is 4.29. The summed E-state index contributed by atoms with van der Waals surface area (Å²) in [4.78, 5) is 28.4. The summed E-state index contributed by atoms with van der Waals surface area (Å²) >= 11 is 1.37. The smallest absolute Gasteiger partial charge is 0.311 e. The molecule has 0 amide bonds. The Balaban J connectivity index is 1.68. The lowest BCUT2D eigenvalue weighted by Gasteiger charge is -2.12. The van der Waals surface area contributed by atoms with Crippen LogP contribution in [0.5, 0.6) is 5.75 Å². The quantitative estimate of drug-likeness (QED) is 0.407. The monoisotopic (exact) mass is 378 g/mol. The summed E-state index contributed by atoms with van der Waals surface area (Å²) in [6, 6.07) is 13.8. The molecule has 27 heavy (non-hydrogen) atoms. The topological polar surface area (TPSA) is 93.3 Å². The van der Waals surface area contributed by atoms with Crippen LogP contribution < -0.4 is 0 Å². The van der Waals surface area contributed by atoms with Crippen molar-refractivity contribution in [1.82, 2.24) is 4.98 Å². The highest BCUT2D eigenvalue weighted by Gasteiger charge is 2.26. The van der Waals surface area contributed by atoms with Gasteiger partial charge in [-0.2, -0.15) is 0 Å². The zero-order chi connectivity index (χ0) is 19.0. The molecule has 0 atom stereocenters. The van der Waals surface area contributed by atoms with Crippen molar-refractivity contribution in [2.75, 3.05) is 0 Å². The number of hydrogen-bond donors (Lipinski definition) is 1. The first-order chi connectivity index (χ1) is 13.0. The lowest BCUT2D eigenvalue weighted by Crippen LogP contribution is -2.12. The number of aromatic nitrogens is 1. The molecule has 0 fully saturated rings. The van der Waals surface area contributed by atoms with Gasteiger partial charge in [0.25, 0.3) is 0 Å². The molecule has 0 bridgehead atoms. The number of benzene rings is 2. The number of Topliss-reactive ketones (excluding diaryl/α,β-unsaturated/α-hetero) is 1. The minimum absolute atomic E-state index is 0.0911. The van der Waals surface area contributed by atoms with Gasteiger partial charge in [0, 0.05) is 17.2 Å². The van der Waals surface area contributed by atoms with E-state index in [1.807, 2.05) is 30.3 Å². The Hall–Kier alpha value is -3.32. The fraction of sp³-hybridized carbons (Fsp3) is 0.100. The maximum Gasteiger partial charge on any atom is 0.311 e. The van der Waals surface area contributed by atoms with E-state index in [0.29, 0.717) is 28.9 Å². The molecule has 2 aromatic carbocycles. The molecular weight excluding hydrogens is 364 g/mol. The summed E-state index contributed by atoms with van der Waals surface area (Å²) in [6.45, 7) is 0. The minimum Gasteiger partial charge on any atom is -0.502 e. The number of nitrogens with zero attached hydrogens (tertiary/aromatic N) is 2. The molecule has 6 nitrogen and oxygen atoms in total. The van der Waals surface area contributed by atoms with Gasteiger partial charge in [0.2, 0.25) is 5.78 Å². The molecule has 4 rings (SSSR count). The Morgan fingerprint density at radius 2 is 1.93 bits per heavy atom. The van der Waals surface area contributed by atoms with Crippen LogP contribution >= 0.6 is 11.3 Å². The maximum absolute atomic E-state index is 12.9. The number of phenols is 1.